The number of allylic oxidation sites excluding steroid dienone is 3. The standard InChI is InChI=1S/C22H27NO2/c1-14(2)20(13-15(3)21-16(4)23-25-17(21)5)22(7,18(6)24)19-11-9-8-10-12-19/h8-14H,3H2,1-2,4-7H3. The highest BCUT2D eigenvalue weighted by molar-refractivity contribution is 5.92. The van der Waals surface area contributed by atoms with Crippen molar-refractivity contribution in [2.45, 2.75) is 47.0 Å². The Morgan fingerprint density at radius 1 is 1.24 bits per heavy atom. The van der Waals surface area contributed by atoms with Crippen molar-refractivity contribution >= 4 is 11.4 Å². The van der Waals surface area contributed by atoms with Crippen molar-refractivity contribution in [3.05, 3.63) is 71.1 Å². The number of hydrogen-bond acceptors (Lipinski definition) is 3. The highest BCUT2D eigenvalue weighted by atomic mass is 16.5. The maximum atomic E-state index is 12.7. The Balaban J connectivity index is 2.63. The molecule has 0 aliphatic heterocycles. The summed E-state index contributed by atoms with van der Waals surface area (Å²) in [7, 11) is 0. The van der Waals surface area contributed by atoms with Crippen molar-refractivity contribution in [1.29, 1.82) is 0 Å². The summed E-state index contributed by atoms with van der Waals surface area (Å²) < 4.78 is 5.27. The van der Waals surface area contributed by atoms with E-state index in [0.717, 1.165) is 33.7 Å². The van der Waals surface area contributed by atoms with Gasteiger partial charge in [0.05, 0.1) is 11.1 Å². The number of Topliss-reactive ketones (excluding diaryl/α,β-unsaturated/α-hetero) is 1. The van der Waals surface area contributed by atoms with Crippen molar-refractivity contribution in [1.82, 2.24) is 5.16 Å². The molecule has 2 rings (SSSR count). The van der Waals surface area contributed by atoms with Crippen LogP contribution in [-0.2, 0) is 10.2 Å². The maximum Gasteiger partial charge on any atom is 0.144 e. The topological polar surface area (TPSA) is 43.1 Å². The fraction of sp³-hybridized carbons (Fsp3) is 0.364. The van der Waals surface area contributed by atoms with Gasteiger partial charge in [-0.15, -0.1) is 0 Å². The zero-order chi connectivity index (χ0) is 18.8. The largest absolute Gasteiger partial charge is 0.361 e. The average molecular weight is 337 g/mol. The average Bonchev–Trinajstić information content (AvgIpc) is 2.90. The van der Waals surface area contributed by atoms with Crippen LogP contribution in [-0.4, -0.2) is 10.9 Å². The molecule has 1 atom stereocenters. The molecule has 0 bridgehead atoms. The van der Waals surface area contributed by atoms with Crippen molar-refractivity contribution in [3.63, 3.8) is 0 Å². The van der Waals surface area contributed by atoms with E-state index in [9.17, 15) is 4.79 Å². The number of aromatic nitrogens is 1. The van der Waals surface area contributed by atoms with E-state index in [1.807, 2.05) is 57.2 Å². The van der Waals surface area contributed by atoms with Gasteiger partial charge in [-0.1, -0.05) is 62.0 Å². The van der Waals surface area contributed by atoms with Crippen LogP contribution >= 0.6 is 0 Å². The second kappa shape index (κ2) is 7.22. The highest BCUT2D eigenvalue weighted by Gasteiger charge is 2.37. The van der Waals surface area contributed by atoms with Gasteiger partial charge in [-0.3, -0.25) is 4.79 Å². The Kier molecular flexibility index (Phi) is 5.46. The molecule has 1 unspecified atom stereocenters. The van der Waals surface area contributed by atoms with Crippen LogP contribution in [0.3, 0.4) is 0 Å². The van der Waals surface area contributed by atoms with Gasteiger partial charge in [-0.05, 0) is 50.3 Å². The summed E-state index contributed by atoms with van der Waals surface area (Å²) >= 11 is 0. The molecular weight excluding hydrogens is 310 g/mol. The first-order valence-electron chi connectivity index (χ1n) is 8.60. The van der Waals surface area contributed by atoms with E-state index in [4.69, 9.17) is 4.52 Å². The zero-order valence-corrected chi connectivity index (χ0v) is 16.0. The van der Waals surface area contributed by atoms with E-state index < -0.39 is 5.41 Å². The van der Waals surface area contributed by atoms with Gasteiger partial charge >= 0.3 is 0 Å². The Bertz CT molecular complexity index is 792. The fourth-order valence-corrected chi connectivity index (χ4v) is 3.43. The molecule has 0 radical (unpaired) electrons. The van der Waals surface area contributed by atoms with Gasteiger partial charge in [0.1, 0.15) is 11.5 Å². The van der Waals surface area contributed by atoms with E-state index in [0.29, 0.717) is 0 Å². The molecule has 1 aromatic heterocycles. The van der Waals surface area contributed by atoms with Crippen LogP contribution in [0.15, 0.2) is 53.1 Å². The third kappa shape index (κ3) is 3.51. The summed E-state index contributed by atoms with van der Waals surface area (Å²) in [6, 6.07) is 9.92. The van der Waals surface area contributed by atoms with Gasteiger partial charge in [-0.2, -0.15) is 0 Å². The maximum absolute atomic E-state index is 12.7. The number of benzene rings is 1. The van der Waals surface area contributed by atoms with Crippen molar-refractivity contribution in [3.8, 4) is 0 Å². The van der Waals surface area contributed by atoms with Crippen LogP contribution in [0.25, 0.3) is 5.57 Å². The molecule has 0 amide bonds. The first-order chi connectivity index (χ1) is 11.7. The van der Waals surface area contributed by atoms with E-state index in [2.05, 4.69) is 25.6 Å². The molecule has 1 aromatic carbocycles. The van der Waals surface area contributed by atoms with E-state index >= 15 is 0 Å². The molecule has 0 aliphatic carbocycles. The summed E-state index contributed by atoms with van der Waals surface area (Å²) in [5.74, 6) is 1.04. The van der Waals surface area contributed by atoms with Crippen LogP contribution in [0.4, 0.5) is 0 Å². The van der Waals surface area contributed by atoms with Crippen LogP contribution in [0, 0.1) is 19.8 Å². The molecule has 0 fully saturated rings. The minimum Gasteiger partial charge on any atom is -0.361 e. The number of carbonyl (C=O) groups is 1. The molecule has 1 heterocycles. The number of nitrogens with zero attached hydrogens (tertiary/aromatic N) is 1. The Morgan fingerprint density at radius 2 is 1.84 bits per heavy atom. The van der Waals surface area contributed by atoms with Gasteiger partial charge in [0.2, 0.25) is 0 Å². The van der Waals surface area contributed by atoms with Gasteiger partial charge in [-0.25, -0.2) is 0 Å². The molecule has 3 heteroatoms. The van der Waals surface area contributed by atoms with Crippen molar-refractivity contribution in [2.24, 2.45) is 5.92 Å². The van der Waals surface area contributed by atoms with Crippen molar-refractivity contribution < 1.29 is 9.32 Å². The lowest BCUT2D eigenvalue weighted by Crippen LogP contribution is -2.35. The molecular formula is C22H27NO2. The Morgan fingerprint density at radius 3 is 2.28 bits per heavy atom. The summed E-state index contributed by atoms with van der Waals surface area (Å²) in [6.07, 6.45) is 2.03. The number of carbonyl (C=O) groups excluding carboxylic acids is 1. The third-order valence-corrected chi connectivity index (χ3v) is 4.94. The number of aryl methyl sites for hydroxylation is 2. The summed E-state index contributed by atoms with van der Waals surface area (Å²) in [4.78, 5) is 12.7. The van der Waals surface area contributed by atoms with Gasteiger partial charge < -0.3 is 4.52 Å². The Labute approximate surface area is 150 Å². The molecule has 0 spiro atoms. The monoisotopic (exact) mass is 337 g/mol. The smallest absolute Gasteiger partial charge is 0.144 e. The first-order valence-corrected chi connectivity index (χ1v) is 8.60. The quantitative estimate of drug-likeness (QED) is 0.660. The molecule has 0 N–H and O–H groups in total. The van der Waals surface area contributed by atoms with Crippen LogP contribution in [0.1, 0.15) is 50.3 Å². The van der Waals surface area contributed by atoms with Gasteiger partial charge in [0.25, 0.3) is 0 Å². The SMILES string of the molecule is C=C(C=C(C(C)C)C(C)(C(C)=O)c1ccccc1)c1c(C)noc1C. The first kappa shape index (κ1) is 18.9. The van der Waals surface area contributed by atoms with Gasteiger partial charge in [0.15, 0.2) is 0 Å². The van der Waals surface area contributed by atoms with E-state index in [1.165, 1.54) is 0 Å². The third-order valence-electron chi connectivity index (χ3n) is 4.94. The molecule has 3 nitrogen and oxygen atoms in total. The predicted octanol–water partition coefficient (Wildman–Crippen LogP) is 5.43. The number of ketones is 1. The zero-order valence-electron chi connectivity index (χ0n) is 16.0. The minimum absolute atomic E-state index is 0.116. The normalized spacial score (nSPS) is 14.4. The lowest BCUT2D eigenvalue weighted by atomic mass is 9.68. The van der Waals surface area contributed by atoms with Gasteiger partial charge in [0, 0.05) is 5.56 Å². The van der Waals surface area contributed by atoms with Crippen LogP contribution in [0.2, 0.25) is 0 Å². The van der Waals surface area contributed by atoms with Crippen LogP contribution < -0.4 is 0 Å². The lowest BCUT2D eigenvalue weighted by Gasteiger charge is -2.33. The molecule has 2 aromatic rings. The predicted molar refractivity (Wildman–Crippen MR) is 102 cm³/mol. The minimum atomic E-state index is -0.697. The Hall–Kier alpha value is -2.42. The molecule has 0 saturated heterocycles. The second-order valence-electron chi connectivity index (χ2n) is 7.03. The van der Waals surface area contributed by atoms with E-state index in [-0.39, 0.29) is 11.7 Å². The summed E-state index contributed by atoms with van der Waals surface area (Å²) in [5, 5.41) is 4.01. The second-order valence-corrected chi connectivity index (χ2v) is 7.03. The van der Waals surface area contributed by atoms with Crippen LogP contribution in [0.5, 0.6) is 0 Å². The molecule has 25 heavy (non-hydrogen) atoms. The fourth-order valence-electron chi connectivity index (χ4n) is 3.43. The molecule has 0 aliphatic rings. The summed E-state index contributed by atoms with van der Waals surface area (Å²) in [6.45, 7) is 15.9. The van der Waals surface area contributed by atoms with Crippen molar-refractivity contribution in [2.75, 3.05) is 0 Å². The number of rotatable bonds is 6. The summed E-state index contributed by atoms with van der Waals surface area (Å²) in [5.41, 5.74) is 3.88. The van der Waals surface area contributed by atoms with E-state index in [1.54, 1.807) is 6.92 Å². The number of hydrogen-bond donors (Lipinski definition) is 0. The molecule has 0 saturated carbocycles. The lowest BCUT2D eigenvalue weighted by molar-refractivity contribution is -0.120. The molecule has 132 valence electrons. The highest BCUT2D eigenvalue weighted by Crippen LogP contribution is 2.39.